The Kier molecular flexibility index (Phi) is 19.1. The fourth-order valence-electron chi connectivity index (χ4n) is 10.6. The number of fused-ring (bicyclic) bond motifs is 2. The van der Waals surface area contributed by atoms with Crippen molar-refractivity contribution < 1.29 is 9.59 Å². The summed E-state index contributed by atoms with van der Waals surface area (Å²) in [5.41, 5.74) is 12.6. The molecule has 4 fully saturated rings. The van der Waals surface area contributed by atoms with Crippen molar-refractivity contribution in [1.82, 2.24) is 44.6 Å². The molecule has 4 aliphatic heterocycles. The maximum atomic E-state index is 12.2. The van der Waals surface area contributed by atoms with Crippen molar-refractivity contribution in [2.24, 2.45) is 4.99 Å². The Balaban J connectivity index is 0.000000190. The molecule has 0 atom stereocenters. The third-order valence-electron chi connectivity index (χ3n) is 14.8. The second kappa shape index (κ2) is 25.6. The molecule has 0 aliphatic carbocycles. The molecule has 4 saturated heterocycles. The number of nitrogens with one attached hydrogen (secondary N) is 2. The summed E-state index contributed by atoms with van der Waals surface area (Å²) in [5.74, 6) is 1.36. The number of benzene rings is 2. The van der Waals surface area contributed by atoms with E-state index in [-0.39, 0.29) is 18.4 Å². The maximum absolute atomic E-state index is 12.2. The van der Waals surface area contributed by atoms with Crippen molar-refractivity contribution in [1.29, 1.82) is 0 Å². The molecular weight excluding hydrogens is 908 g/mol. The Bertz CT molecular complexity index is 2630. The van der Waals surface area contributed by atoms with Gasteiger partial charge in [0, 0.05) is 113 Å². The Morgan fingerprint density at radius 3 is 1.45 bits per heavy atom. The highest BCUT2D eigenvalue weighted by molar-refractivity contribution is 5.85. The van der Waals surface area contributed by atoms with E-state index in [9.17, 15) is 4.79 Å². The van der Waals surface area contributed by atoms with Gasteiger partial charge in [-0.25, -0.2) is 23.6 Å². The first-order valence-corrected chi connectivity index (χ1v) is 26.0. The lowest BCUT2D eigenvalue weighted by molar-refractivity contribution is 0.172. The number of anilines is 2. The molecule has 2 N–H and O–H groups in total. The first kappa shape index (κ1) is 53.0. The lowest BCUT2D eigenvalue weighted by atomic mass is 9.88. The van der Waals surface area contributed by atoms with E-state index < -0.39 is 0 Å². The van der Waals surface area contributed by atoms with Crippen LogP contribution in [-0.4, -0.2) is 150 Å². The summed E-state index contributed by atoms with van der Waals surface area (Å²) in [7, 11) is 0. The SMILES string of the molecule is CC(C)N1CCC(c2ccc(-c3cc4c(N5CCNCC5)ccnn4c3)cc2)CC1.CCN=C=O.CCNC(=O)N1CCN(c2ccnn3cc(-c4ccc(C5CCN(C(C)C)CC5)cc4)cc23)CC1.Cl. The van der Waals surface area contributed by atoms with Gasteiger partial charge in [0.05, 0.1) is 22.4 Å². The zero-order valence-corrected chi connectivity index (χ0v) is 43.8. The molecule has 6 aromatic rings. The minimum atomic E-state index is 0. The largest absolute Gasteiger partial charge is 0.367 e. The zero-order valence-electron chi connectivity index (χ0n) is 43.0. The predicted molar refractivity (Wildman–Crippen MR) is 292 cm³/mol. The smallest absolute Gasteiger partial charge is 0.317 e. The number of isocyanates is 1. The fraction of sp³-hybridized carbons (Fsp3) is 0.500. The molecule has 0 spiro atoms. The standard InChI is InChI=1S/C28H38N6O.C25H33N5.C3H5NO.ClH/c1-4-29-28(35)33-17-15-32(16-18-33)26-9-12-30-34-20-25(19-27(26)34)23-7-5-22(6-8-23)24-10-13-31(14-11-24)21(2)3;1-19(2)28-13-8-22(9-14-28)20-3-5-21(6-4-20)23-17-25-24(7-10-27-30(25)18-23)29-15-11-26-12-16-29;1-2-4-3-5;/h5-9,12,19-21,24H,4,10-11,13-18H2,1-3H3,(H,29,35);3-7,10,17-19,22,26H,8-9,11-16H2,1-2H3;2H2,1H3;1H. The van der Waals surface area contributed by atoms with Crippen molar-refractivity contribution in [2.75, 3.05) is 101 Å². The van der Waals surface area contributed by atoms with E-state index in [1.165, 1.54) is 108 Å². The number of hydrogen-bond acceptors (Lipinski definition) is 10. The molecule has 0 radical (unpaired) electrons. The molecule has 2 aromatic carbocycles. The molecule has 8 heterocycles. The summed E-state index contributed by atoms with van der Waals surface area (Å²) in [5, 5.41) is 15.5. The predicted octanol–water partition coefficient (Wildman–Crippen LogP) is 9.20. The highest BCUT2D eigenvalue weighted by Gasteiger charge is 2.25. The third kappa shape index (κ3) is 13.2. The normalized spacial score (nSPS) is 17.3. The Labute approximate surface area is 427 Å². The highest BCUT2D eigenvalue weighted by Crippen LogP contribution is 2.35. The number of aliphatic imine (C=N–C) groups is 1. The van der Waals surface area contributed by atoms with Crippen LogP contribution in [0.5, 0.6) is 0 Å². The summed E-state index contributed by atoms with van der Waals surface area (Å²) < 4.78 is 4.01. The molecule has 4 aliphatic rings. The average molecular weight is 986 g/mol. The molecule has 4 aromatic heterocycles. The van der Waals surface area contributed by atoms with Crippen LogP contribution < -0.4 is 20.4 Å². The van der Waals surface area contributed by atoms with Crippen molar-refractivity contribution in [3.8, 4) is 22.3 Å². The minimum absolute atomic E-state index is 0. The zero-order chi connectivity index (χ0) is 49.0. The van der Waals surface area contributed by atoms with E-state index >= 15 is 0 Å². The first-order chi connectivity index (χ1) is 34.1. The third-order valence-corrected chi connectivity index (χ3v) is 14.8. The second-order valence-electron chi connectivity index (χ2n) is 19.7. The first-order valence-electron chi connectivity index (χ1n) is 26.0. The van der Waals surface area contributed by atoms with Crippen LogP contribution in [-0.2, 0) is 4.79 Å². The van der Waals surface area contributed by atoms with Gasteiger partial charge in [-0.1, -0.05) is 48.5 Å². The van der Waals surface area contributed by atoms with E-state index in [1.807, 2.05) is 33.2 Å². The van der Waals surface area contributed by atoms with Crippen LogP contribution in [0.15, 0.2) is 103 Å². The van der Waals surface area contributed by atoms with Gasteiger partial charge in [0.2, 0.25) is 6.08 Å². The summed E-state index contributed by atoms with van der Waals surface area (Å²) in [4.78, 5) is 36.3. The van der Waals surface area contributed by atoms with E-state index in [0.29, 0.717) is 37.0 Å². The second-order valence-corrected chi connectivity index (χ2v) is 19.7. The molecule has 0 unspecified atom stereocenters. The number of carbonyl (C=O) groups is 1. The van der Waals surface area contributed by atoms with E-state index in [4.69, 9.17) is 4.79 Å². The number of piperidine rings is 2. The number of urea groups is 1. The highest BCUT2D eigenvalue weighted by atomic mass is 35.5. The van der Waals surface area contributed by atoms with Crippen molar-refractivity contribution in [2.45, 2.75) is 91.1 Å². The van der Waals surface area contributed by atoms with Crippen molar-refractivity contribution in [3.05, 3.63) is 109 Å². The minimum Gasteiger partial charge on any atom is -0.367 e. The van der Waals surface area contributed by atoms with Gasteiger partial charge in [-0.2, -0.15) is 10.2 Å². The Morgan fingerprint density at radius 1 is 0.634 bits per heavy atom. The van der Waals surface area contributed by atoms with Gasteiger partial charge in [-0.15, -0.1) is 12.4 Å². The number of piperazine rings is 2. The molecular formula is C56H77ClN12O2. The van der Waals surface area contributed by atoms with Gasteiger partial charge in [-0.05, 0) is 152 Å². The molecule has 0 saturated carbocycles. The number of amides is 2. The van der Waals surface area contributed by atoms with Gasteiger partial charge in [0.1, 0.15) is 0 Å². The lowest BCUT2D eigenvalue weighted by Gasteiger charge is -2.36. The molecule has 14 nitrogen and oxygen atoms in total. The molecule has 0 bridgehead atoms. The molecule has 380 valence electrons. The number of nitrogens with zero attached hydrogens (tertiary/aromatic N) is 10. The van der Waals surface area contributed by atoms with E-state index in [0.717, 1.165) is 57.9 Å². The summed E-state index contributed by atoms with van der Waals surface area (Å²) in [6, 6.07) is 28.6. The van der Waals surface area contributed by atoms with Crippen LogP contribution in [0.1, 0.15) is 90.2 Å². The van der Waals surface area contributed by atoms with Crippen LogP contribution in [0.4, 0.5) is 16.2 Å². The molecule has 10 rings (SSSR count). The summed E-state index contributed by atoms with van der Waals surface area (Å²) >= 11 is 0. The number of likely N-dealkylation sites (tertiary alicyclic amines) is 2. The van der Waals surface area contributed by atoms with Crippen molar-refractivity contribution >= 4 is 46.9 Å². The topological polar surface area (TPSA) is 121 Å². The number of rotatable bonds is 10. The van der Waals surface area contributed by atoms with Crippen LogP contribution in [0.3, 0.4) is 0 Å². The van der Waals surface area contributed by atoms with Crippen LogP contribution in [0.25, 0.3) is 33.3 Å². The molecule has 71 heavy (non-hydrogen) atoms. The quantitative estimate of drug-likeness (QED) is 0.102. The number of halogens is 1. The Hall–Kier alpha value is -5.76. The van der Waals surface area contributed by atoms with Crippen LogP contribution in [0, 0.1) is 0 Å². The van der Waals surface area contributed by atoms with Gasteiger partial charge < -0.3 is 35.1 Å². The van der Waals surface area contributed by atoms with Crippen molar-refractivity contribution in [3.63, 3.8) is 0 Å². The van der Waals surface area contributed by atoms with Crippen LogP contribution >= 0.6 is 12.4 Å². The van der Waals surface area contributed by atoms with Crippen LogP contribution in [0.2, 0.25) is 0 Å². The lowest BCUT2D eigenvalue weighted by Crippen LogP contribution is -2.51. The summed E-state index contributed by atoms with van der Waals surface area (Å²) in [6.07, 6.45) is 14.5. The van der Waals surface area contributed by atoms with E-state index in [2.05, 4.69) is 158 Å². The Morgan fingerprint density at radius 2 is 1.07 bits per heavy atom. The molecule has 15 heteroatoms. The van der Waals surface area contributed by atoms with E-state index in [1.54, 1.807) is 6.92 Å². The fourth-order valence-corrected chi connectivity index (χ4v) is 10.6. The average Bonchev–Trinajstić information content (AvgIpc) is 4.06. The number of hydrogen-bond donors (Lipinski definition) is 2. The molecule has 2 amide bonds. The number of aromatic nitrogens is 4. The van der Waals surface area contributed by atoms with Gasteiger partial charge in [0.15, 0.2) is 0 Å². The van der Waals surface area contributed by atoms with Gasteiger partial charge >= 0.3 is 6.03 Å². The summed E-state index contributed by atoms with van der Waals surface area (Å²) in [6.45, 7) is 26.2. The van der Waals surface area contributed by atoms with Gasteiger partial charge in [0.25, 0.3) is 0 Å². The monoisotopic (exact) mass is 985 g/mol. The number of carbonyl (C=O) groups excluding carboxylic acids is 2. The maximum Gasteiger partial charge on any atom is 0.317 e. The van der Waals surface area contributed by atoms with Gasteiger partial charge in [-0.3, -0.25) is 0 Å².